The highest BCUT2D eigenvalue weighted by Crippen LogP contribution is 2.50. The van der Waals surface area contributed by atoms with E-state index in [4.69, 9.17) is 0 Å². The Labute approximate surface area is 142 Å². The summed E-state index contributed by atoms with van der Waals surface area (Å²) in [5.41, 5.74) is 0.388. The van der Waals surface area contributed by atoms with Gasteiger partial charge in [-0.15, -0.1) is 0 Å². The Kier molecular flexibility index (Phi) is 3.24. The van der Waals surface area contributed by atoms with Crippen LogP contribution in [0.1, 0.15) is 35.7 Å². The third kappa shape index (κ3) is 2.33. The number of Topliss-reactive ketones (excluding diaryl/α,β-unsaturated/α-hetero) is 1. The molecule has 1 N–H and O–H groups in total. The maximum Gasteiger partial charge on any atom is 0.253 e. The molecule has 1 fully saturated rings. The van der Waals surface area contributed by atoms with E-state index in [9.17, 15) is 14.0 Å². The minimum Gasteiger partial charge on any atom is -0.350 e. The lowest BCUT2D eigenvalue weighted by atomic mass is 10.1. The topological polar surface area (TPSA) is 83.4 Å². The molecular formula is C17H16FN5O2. The molecule has 0 atom stereocenters. The number of pyridine rings is 1. The highest BCUT2D eigenvalue weighted by Gasteiger charge is 2.50. The van der Waals surface area contributed by atoms with Crippen molar-refractivity contribution in [3.8, 4) is 0 Å². The number of aromatic nitrogens is 4. The van der Waals surface area contributed by atoms with Crippen LogP contribution in [-0.2, 0) is 5.54 Å². The van der Waals surface area contributed by atoms with E-state index in [-0.39, 0.29) is 11.3 Å². The highest BCUT2D eigenvalue weighted by molar-refractivity contribution is 5.99. The molecule has 0 unspecified atom stereocenters. The first-order valence-electron chi connectivity index (χ1n) is 7.90. The molecule has 25 heavy (non-hydrogen) atoms. The maximum atomic E-state index is 13.6. The molecule has 0 amide bonds. The number of H-pyrrole nitrogens is 1. The fraction of sp³-hybridized carbons (Fsp3) is 0.294. The Morgan fingerprint density at radius 1 is 1.44 bits per heavy atom. The van der Waals surface area contributed by atoms with Crippen LogP contribution in [0.15, 0.2) is 35.5 Å². The van der Waals surface area contributed by atoms with Crippen molar-refractivity contribution in [3.05, 3.63) is 58.0 Å². The summed E-state index contributed by atoms with van der Waals surface area (Å²) in [5, 5.41) is 4.11. The predicted octanol–water partition coefficient (Wildman–Crippen LogP) is 1.88. The van der Waals surface area contributed by atoms with E-state index in [0.717, 1.165) is 19.0 Å². The molecule has 1 aliphatic rings. The van der Waals surface area contributed by atoms with Crippen molar-refractivity contribution in [1.82, 2.24) is 19.6 Å². The van der Waals surface area contributed by atoms with Gasteiger partial charge in [-0.2, -0.15) is 5.10 Å². The van der Waals surface area contributed by atoms with Gasteiger partial charge in [0.05, 0.1) is 17.3 Å². The summed E-state index contributed by atoms with van der Waals surface area (Å²) in [4.78, 5) is 32.7. The van der Waals surface area contributed by atoms with Crippen molar-refractivity contribution in [3.63, 3.8) is 0 Å². The van der Waals surface area contributed by atoms with E-state index in [1.165, 1.54) is 23.7 Å². The number of nitrogens with one attached hydrogen (secondary N) is 1. The lowest BCUT2D eigenvalue weighted by Crippen LogP contribution is -2.37. The van der Waals surface area contributed by atoms with Gasteiger partial charge in [-0.05, 0) is 31.9 Å². The van der Waals surface area contributed by atoms with Crippen LogP contribution in [0.25, 0.3) is 5.65 Å². The minimum atomic E-state index is -0.586. The van der Waals surface area contributed by atoms with Crippen molar-refractivity contribution >= 4 is 17.2 Å². The number of nitrogens with zero attached hydrogens (tertiary/aromatic N) is 4. The van der Waals surface area contributed by atoms with Gasteiger partial charge in [0.15, 0.2) is 11.4 Å². The van der Waals surface area contributed by atoms with Gasteiger partial charge in [0.1, 0.15) is 11.6 Å². The van der Waals surface area contributed by atoms with E-state index in [2.05, 4.69) is 15.1 Å². The third-order valence-corrected chi connectivity index (χ3v) is 4.81. The molecule has 1 aliphatic carbocycles. The van der Waals surface area contributed by atoms with Gasteiger partial charge in [0.2, 0.25) is 0 Å². The van der Waals surface area contributed by atoms with Gasteiger partial charge < -0.3 is 9.88 Å². The van der Waals surface area contributed by atoms with Gasteiger partial charge in [0, 0.05) is 25.0 Å². The zero-order chi connectivity index (χ0) is 17.8. The van der Waals surface area contributed by atoms with Gasteiger partial charge in [0.25, 0.3) is 5.56 Å². The van der Waals surface area contributed by atoms with E-state index in [1.54, 1.807) is 12.3 Å². The fourth-order valence-electron chi connectivity index (χ4n) is 3.22. The molecule has 1 saturated carbocycles. The van der Waals surface area contributed by atoms with Crippen molar-refractivity contribution in [1.29, 1.82) is 0 Å². The second kappa shape index (κ2) is 5.23. The first kappa shape index (κ1) is 15.5. The van der Waals surface area contributed by atoms with Crippen LogP contribution in [0.3, 0.4) is 0 Å². The summed E-state index contributed by atoms with van der Waals surface area (Å²) in [6.07, 6.45) is 5.70. The van der Waals surface area contributed by atoms with E-state index in [1.807, 2.05) is 11.9 Å². The Hall–Kier alpha value is -3.03. The number of aromatic amines is 1. The monoisotopic (exact) mass is 341 g/mol. The molecule has 4 rings (SSSR count). The fourth-order valence-corrected chi connectivity index (χ4v) is 3.22. The van der Waals surface area contributed by atoms with Crippen LogP contribution in [0.2, 0.25) is 0 Å². The summed E-state index contributed by atoms with van der Waals surface area (Å²) in [6, 6.07) is 3.04. The van der Waals surface area contributed by atoms with Crippen LogP contribution in [0.4, 0.5) is 10.2 Å². The Morgan fingerprint density at radius 3 is 2.88 bits per heavy atom. The Bertz CT molecular complexity index is 1050. The van der Waals surface area contributed by atoms with Crippen LogP contribution in [0.5, 0.6) is 0 Å². The largest absolute Gasteiger partial charge is 0.350 e. The molecule has 0 radical (unpaired) electrons. The summed E-state index contributed by atoms with van der Waals surface area (Å²) >= 11 is 0. The van der Waals surface area contributed by atoms with Crippen molar-refractivity contribution < 1.29 is 9.18 Å². The van der Waals surface area contributed by atoms with Crippen molar-refractivity contribution in [2.45, 2.75) is 25.3 Å². The van der Waals surface area contributed by atoms with Crippen LogP contribution in [-0.4, -0.2) is 32.4 Å². The van der Waals surface area contributed by atoms with E-state index in [0.29, 0.717) is 22.6 Å². The smallest absolute Gasteiger partial charge is 0.253 e. The second-order valence-electron chi connectivity index (χ2n) is 6.32. The summed E-state index contributed by atoms with van der Waals surface area (Å²) in [5.74, 6) is -0.00554. The molecule has 0 bridgehead atoms. The van der Waals surface area contributed by atoms with Gasteiger partial charge in [-0.3, -0.25) is 9.59 Å². The maximum absolute atomic E-state index is 13.6. The van der Waals surface area contributed by atoms with E-state index < -0.39 is 11.4 Å². The molecule has 3 aromatic heterocycles. The van der Waals surface area contributed by atoms with Crippen LogP contribution >= 0.6 is 0 Å². The summed E-state index contributed by atoms with van der Waals surface area (Å²) in [6.45, 7) is 1.46. The normalized spacial score (nSPS) is 15.3. The molecule has 3 aromatic rings. The number of carbonyl (C=O) groups is 1. The van der Waals surface area contributed by atoms with Gasteiger partial charge in [-0.1, -0.05) is 0 Å². The Balaban J connectivity index is 1.80. The molecule has 7 nitrogen and oxygen atoms in total. The van der Waals surface area contributed by atoms with Crippen LogP contribution < -0.4 is 10.5 Å². The lowest BCUT2D eigenvalue weighted by Gasteiger charge is -2.29. The molecular weight excluding hydrogens is 325 g/mol. The number of hydrogen-bond donors (Lipinski definition) is 1. The molecule has 3 heterocycles. The molecule has 0 aromatic carbocycles. The van der Waals surface area contributed by atoms with E-state index >= 15 is 0 Å². The Morgan fingerprint density at radius 2 is 2.20 bits per heavy atom. The highest BCUT2D eigenvalue weighted by atomic mass is 19.1. The second-order valence-corrected chi connectivity index (χ2v) is 6.32. The summed E-state index contributed by atoms with van der Waals surface area (Å²) < 4.78 is 15.2. The average Bonchev–Trinajstić information content (AvgIpc) is 3.28. The zero-order valence-electron chi connectivity index (χ0n) is 13.8. The number of anilines is 1. The molecule has 0 saturated heterocycles. The van der Waals surface area contributed by atoms with Crippen LogP contribution in [0, 0.1) is 5.82 Å². The quantitative estimate of drug-likeness (QED) is 0.733. The molecule has 0 aliphatic heterocycles. The third-order valence-electron chi connectivity index (χ3n) is 4.81. The molecule has 0 spiro atoms. The number of ketones is 1. The minimum absolute atomic E-state index is 0.120. The number of fused-ring (bicyclic) bond motifs is 1. The first-order valence-corrected chi connectivity index (χ1v) is 7.90. The van der Waals surface area contributed by atoms with Crippen molar-refractivity contribution in [2.75, 3.05) is 11.9 Å². The molecule has 128 valence electrons. The first-order chi connectivity index (χ1) is 11.9. The van der Waals surface area contributed by atoms with Gasteiger partial charge in [-0.25, -0.2) is 13.9 Å². The number of carbonyl (C=O) groups excluding carboxylic acids is 1. The molecule has 8 heteroatoms. The number of hydrogen-bond acceptors (Lipinski definition) is 5. The predicted molar refractivity (Wildman–Crippen MR) is 89.3 cm³/mol. The number of rotatable bonds is 4. The summed E-state index contributed by atoms with van der Waals surface area (Å²) in [7, 11) is 1.82. The standard InChI is InChI=1S/C17H16FN5O2/c1-10(24)12-9-20-23-6-3-14(21-15(12)23)22(2)17(4-5-17)13-7-11(18)8-19-16(13)25/h3,6-9H,4-5H2,1-2H3,(H,19,25). The zero-order valence-corrected chi connectivity index (χ0v) is 13.8. The number of halogens is 1. The van der Waals surface area contributed by atoms with Gasteiger partial charge >= 0.3 is 0 Å². The SMILES string of the molecule is CC(=O)c1cnn2ccc(N(C)C3(c4cc(F)c[nH]c4=O)CC3)nc12. The average molecular weight is 341 g/mol. The lowest BCUT2D eigenvalue weighted by molar-refractivity contribution is 0.101. The van der Waals surface area contributed by atoms with Crippen molar-refractivity contribution in [2.24, 2.45) is 0 Å².